The third-order valence-corrected chi connectivity index (χ3v) is 9.89. The fourth-order valence-electron chi connectivity index (χ4n) is 6.59. The van der Waals surface area contributed by atoms with Gasteiger partial charge in [0.05, 0.1) is 29.7 Å². The number of nitrogens with one attached hydrogen (secondary N) is 1. The smallest absolute Gasteiger partial charge is 0.306 e. The predicted octanol–water partition coefficient (Wildman–Crippen LogP) is 6.59. The molecule has 1 amide bonds. The average Bonchev–Trinajstić information content (AvgIpc) is 3.84. The molecule has 11 nitrogen and oxygen atoms in total. The van der Waals surface area contributed by atoms with E-state index in [9.17, 15) is 9.59 Å². The molecule has 2 atom stereocenters. The van der Waals surface area contributed by atoms with Crippen molar-refractivity contribution in [3.05, 3.63) is 77.3 Å². The van der Waals surface area contributed by atoms with E-state index < -0.39 is 11.6 Å². The molecular formula is C36H41ClN8O3. The van der Waals surface area contributed by atoms with E-state index >= 15 is 0 Å². The summed E-state index contributed by atoms with van der Waals surface area (Å²) >= 11 is 6.58. The lowest BCUT2D eigenvalue weighted by atomic mass is 9.75. The number of aromatic nitrogens is 5. The molecule has 2 fully saturated rings. The third-order valence-electron chi connectivity index (χ3n) is 9.56. The van der Waals surface area contributed by atoms with Crippen LogP contribution in [0.25, 0.3) is 22.5 Å². The first-order valence-electron chi connectivity index (χ1n) is 16.5. The Morgan fingerprint density at radius 3 is 2.54 bits per heavy atom. The van der Waals surface area contributed by atoms with E-state index in [0.717, 1.165) is 42.4 Å². The maximum absolute atomic E-state index is 15.0. The molecular weight excluding hydrogens is 628 g/mol. The molecule has 3 N–H and O–H groups in total. The van der Waals surface area contributed by atoms with E-state index in [1.807, 2.05) is 47.3 Å². The standard InChI is InChI=1S/C36H41ClN8O3/c1-34(2,3)20-36(25-8-5-22(6-9-25)24-17-41-44(18-24)26-10-11-26)32(47)45(33(38)42-36)29(19-48-30(46)16-35(4)13-14-35)23-7-12-28(37)27(15-23)31-39-21-40-43-31/h5-9,12,15,17-18,21,26,29H,10-11,13-14,16,19-20H2,1-4H3,(H2,38,42)(H,39,40,43)/t29-,36-/m1/s1. The molecule has 48 heavy (non-hydrogen) atoms. The Labute approximate surface area is 284 Å². The van der Waals surface area contributed by atoms with E-state index in [4.69, 9.17) is 27.1 Å². The molecule has 12 heteroatoms. The lowest BCUT2D eigenvalue weighted by Gasteiger charge is -2.35. The van der Waals surface area contributed by atoms with E-state index in [-0.39, 0.29) is 35.3 Å². The lowest BCUT2D eigenvalue weighted by Crippen LogP contribution is -2.47. The molecule has 0 spiro atoms. The number of aromatic amines is 1. The molecule has 1 aliphatic heterocycles. The maximum Gasteiger partial charge on any atom is 0.306 e. The second-order valence-electron chi connectivity index (χ2n) is 15.0. The summed E-state index contributed by atoms with van der Waals surface area (Å²) in [4.78, 5) is 38.7. The lowest BCUT2D eigenvalue weighted by molar-refractivity contribution is -0.148. The number of amides is 1. The largest absolute Gasteiger partial charge is 0.463 e. The zero-order chi connectivity index (χ0) is 33.8. The topological polar surface area (TPSA) is 144 Å². The zero-order valence-corrected chi connectivity index (χ0v) is 28.5. The normalized spacial score (nSPS) is 20.9. The fraction of sp³-hybridized carbons (Fsp3) is 0.444. The summed E-state index contributed by atoms with van der Waals surface area (Å²) in [5.74, 6) is -0.0624. The Balaban J connectivity index is 1.25. The highest BCUT2D eigenvalue weighted by Crippen LogP contribution is 2.49. The van der Waals surface area contributed by atoms with Gasteiger partial charge in [0.25, 0.3) is 5.91 Å². The van der Waals surface area contributed by atoms with Gasteiger partial charge in [0.1, 0.15) is 12.9 Å². The number of esters is 1. The quantitative estimate of drug-likeness (QED) is 0.172. The van der Waals surface area contributed by atoms with Crippen LogP contribution in [0.2, 0.25) is 5.02 Å². The van der Waals surface area contributed by atoms with Crippen LogP contribution < -0.4 is 5.73 Å². The van der Waals surface area contributed by atoms with Crippen molar-refractivity contribution in [1.29, 1.82) is 0 Å². The molecule has 2 aromatic heterocycles. The van der Waals surface area contributed by atoms with Crippen LogP contribution in [0.4, 0.5) is 0 Å². The number of hydrogen-bond donors (Lipinski definition) is 2. The van der Waals surface area contributed by atoms with Gasteiger partial charge >= 0.3 is 5.97 Å². The van der Waals surface area contributed by atoms with Gasteiger partial charge in [-0.05, 0) is 71.8 Å². The van der Waals surface area contributed by atoms with Crippen molar-refractivity contribution in [3.63, 3.8) is 0 Å². The summed E-state index contributed by atoms with van der Waals surface area (Å²) in [7, 11) is 0. The summed E-state index contributed by atoms with van der Waals surface area (Å²) in [5, 5.41) is 11.8. The van der Waals surface area contributed by atoms with Crippen LogP contribution in [0.5, 0.6) is 0 Å². The van der Waals surface area contributed by atoms with Gasteiger partial charge in [-0.3, -0.25) is 24.3 Å². The molecule has 0 radical (unpaired) electrons. The summed E-state index contributed by atoms with van der Waals surface area (Å²) in [6, 6.07) is 13.0. The zero-order valence-electron chi connectivity index (χ0n) is 27.7. The Morgan fingerprint density at radius 2 is 1.90 bits per heavy atom. The van der Waals surface area contributed by atoms with Crippen molar-refractivity contribution in [1.82, 2.24) is 29.9 Å². The number of rotatable bonds is 11. The van der Waals surface area contributed by atoms with Crippen molar-refractivity contribution in [2.75, 3.05) is 6.61 Å². The van der Waals surface area contributed by atoms with Crippen LogP contribution >= 0.6 is 11.6 Å². The van der Waals surface area contributed by atoms with Crippen molar-refractivity contribution < 1.29 is 14.3 Å². The van der Waals surface area contributed by atoms with Crippen LogP contribution in [0, 0.1) is 10.8 Å². The molecule has 3 aliphatic rings. The number of carbonyl (C=O) groups is 2. The molecule has 0 unspecified atom stereocenters. The van der Waals surface area contributed by atoms with Gasteiger partial charge in [-0.2, -0.15) is 10.2 Å². The molecule has 7 rings (SSSR count). The number of halogens is 1. The second kappa shape index (κ2) is 11.9. The number of aliphatic imine (C=N–C) groups is 1. The van der Waals surface area contributed by atoms with Crippen LogP contribution in [0.3, 0.4) is 0 Å². The Kier molecular flexibility index (Phi) is 7.93. The van der Waals surface area contributed by atoms with E-state index in [1.54, 1.807) is 6.07 Å². The first-order valence-corrected chi connectivity index (χ1v) is 16.9. The number of ether oxygens (including phenoxy) is 1. The van der Waals surface area contributed by atoms with Gasteiger partial charge in [-0.25, -0.2) is 9.98 Å². The average molecular weight is 669 g/mol. The summed E-state index contributed by atoms with van der Waals surface area (Å²) in [5.41, 5.74) is 9.14. The van der Waals surface area contributed by atoms with Gasteiger partial charge in [-0.1, -0.05) is 69.6 Å². The molecule has 0 bridgehead atoms. The molecule has 2 aromatic carbocycles. The number of hydrogen-bond acceptors (Lipinski definition) is 8. The predicted molar refractivity (Wildman–Crippen MR) is 183 cm³/mol. The van der Waals surface area contributed by atoms with E-state index in [1.165, 1.54) is 11.2 Å². The highest BCUT2D eigenvalue weighted by molar-refractivity contribution is 6.33. The summed E-state index contributed by atoms with van der Waals surface area (Å²) in [6.07, 6.45) is 10.4. The summed E-state index contributed by atoms with van der Waals surface area (Å²) in [6.45, 7) is 8.21. The van der Waals surface area contributed by atoms with Gasteiger partial charge < -0.3 is 10.5 Å². The molecule has 0 saturated heterocycles. The number of H-pyrrole nitrogens is 1. The number of benzene rings is 2. The van der Waals surface area contributed by atoms with Crippen LogP contribution in [-0.2, 0) is 19.9 Å². The van der Waals surface area contributed by atoms with Crippen molar-refractivity contribution >= 4 is 29.4 Å². The van der Waals surface area contributed by atoms with Gasteiger partial charge in [-0.15, -0.1) is 0 Å². The van der Waals surface area contributed by atoms with Crippen molar-refractivity contribution in [3.8, 4) is 22.5 Å². The number of nitrogens with zero attached hydrogens (tertiary/aromatic N) is 6. The minimum atomic E-state index is -1.29. The number of guanidine groups is 1. The molecule has 2 aliphatic carbocycles. The minimum absolute atomic E-state index is 0.0269. The fourth-order valence-corrected chi connectivity index (χ4v) is 6.79. The van der Waals surface area contributed by atoms with Gasteiger partial charge in [0, 0.05) is 17.3 Å². The summed E-state index contributed by atoms with van der Waals surface area (Å²) < 4.78 is 7.91. The first kappa shape index (κ1) is 32.1. The van der Waals surface area contributed by atoms with Crippen LogP contribution in [-0.4, -0.2) is 54.3 Å². The Hall–Kier alpha value is -4.51. The Bertz CT molecular complexity index is 1870. The van der Waals surface area contributed by atoms with Gasteiger partial charge in [0.2, 0.25) is 0 Å². The maximum atomic E-state index is 15.0. The van der Waals surface area contributed by atoms with Crippen LogP contribution in [0.15, 0.2) is 66.2 Å². The van der Waals surface area contributed by atoms with E-state index in [2.05, 4.69) is 54.2 Å². The first-order chi connectivity index (χ1) is 22.8. The number of carbonyl (C=O) groups excluding carboxylic acids is 2. The van der Waals surface area contributed by atoms with Crippen molar-refractivity contribution in [2.45, 2.75) is 83.8 Å². The highest BCUT2D eigenvalue weighted by atomic mass is 35.5. The van der Waals surface area contributed by atoms with Crippen LogP contribution in [0.1, 0.15) is 89.4 Å². The third kappa shape index (κ3) is 6.35. The minimum Gasteiger partial charge on any atom is -0.463 e. The SMILES string of the molecule is CC(C)(C)C[C@]1(c2ccc(-c3cnn(C4CC4)c3)cc2)N=C(N)N([C@H](COC(=O)CC2(C)CC2)c2ccc(Cl)c(-c3ncn[nH]3)c2)C1=O. The molecule has 2 saturated carbocycles. The van der Waals surface area contributed by atoms with Gasteiger partial charge in [0.15, 0.2) is 17.3 Å². The number of nitrogens with two attached hydrogens (primary N) is 1. The molecule has 250 valence electrons. The van der Waals surface area contributed by atoms with E-state index in [0.29, 0.717) is 40.9 Å². The van der Waals surface area contributed by atoms with Crippen molar-refractivity contribution in [2.24, 2.45) is 21.6 Å². The molecule has 3 heterocycles. The highest BCUT2D eigenvalue weighted by Gasteiger charge is 2.53. The molecule has 4 aromatic rings. The Morgan fingerprint density at radius 1 is 1.15 bits per heavy atom. The second-order valence-corrected chi connectivity index (χ2v) is 15.4. The monoisotopic (exact) mass is 668 g/mol.